The molecule has 2 aromatic carbocycles. The smallest absolute Gasteiger partial charge is 0.234 e. The first kappa shape index (κ1) is 18.6. The first-order chi connectivity index (χ1) is 12.5. The SMILES string of the molecule is Cc1nnc(SCC(=O)Nc2ccc(Br)cc2F)n1Cc1ccccc1. The molecule has 0 bridgehead atoms. The van der Waals surface area contributed by atoms with Gasteiger partial charge >= 0.3 is 0 Å². The van der Waals surface area contributed by atoms with Gasteiger partial charge in [0.2, 0.25) is 5.91 Å². The largest absolute Gasteiger partial charge is 0.323 e. The van der Waals surface area contributed by atoms with Crippen molar-refractivity contribution in [3.63, 3.8) is 0 Å². The van der Waals surface area contributed by atoms with E-state index in [0.29, 0.717) is 16.2 Å². The van der Waals surface area contributed by atoms with Crippen LogP contribution in [-0.4, -0.2) is 26.4 Å². The molecule has 0 aliphatic carbocycles. The van der Waals surface area contributed by atoms with Crippen LogP contribution >= 0.6 is 27.7 Å². The van der Waals surface area contributed by atoms with E-state index >= 15 is 0 Å². The van der Waals surface area contributed by atoms with Gasteiger partial charge in [0, 0.05) is 4.47 Å². The molecule has 1 aromatic heterocycles. The highest BCUT2D eigenvalue weighted by molar-refractivity contribution is 9.10. The summed E-state index contributed by atoms with van der Waals surface area (Å²) in [5.74, 6) is 0.0993. The molecule has 0 saturated heterocycles. The van der Waals surface area contributed by atoms with Crippen molar-refractivity contribution >= 4 is 39.3 Å². The molecule has 1 heterocycles. The Morgan fingerprint density at radius 3 is 2.73 bits per heavy atom. The summed E-state index contributed by atoms with van der Waals surface area (Å²) in [6.45, 7) is 2.50. The van der Waals surface area contributed by atoms with Crippen molar-refractivity contribution in [1.82, 2.24) is 14.8 Å². The van der Waals surface area contributed by atoms with Gasteiger partial charge < -0.3 is 9.88 Å². The minimum absolute atomic E-state index is 0.114. The van der Waals surface area contributed by atoms with Gasteiger partial charge in [-0.05, 0) is 30.7 Å². The molecule has 0 fully saturated rings. The van der Waals surface area contributed by atoms with Crippen LogP contribution in [0.5, 0.6) is 0 Å². The van der Waals surface area contributed by atoms with Crippen molar-refractivity contribution in [2.75, 3.05) is 11.1 Å². The maximum absolute atomic E-state index is 13.8. The third-order valence-corrected chi connectivity index (χ3v) is 5.08. The molecule has 0 radical (unpaired) electrons. The molecule has 5 nitrogen and oxygen atoms in total. The number of halogens is 2. The molecule has 1 N–H and O–H groups in total. The summed E-state index contributed by atoms with van der Waals surface area (Å²) in [5.41, 5.74) is 1.28. The Balaban J connectivity index is 1.63. The predicted molar refractivity (Wildman–Crippen MR) is 104 cm³/mol. The van der Waals surface area contributed by atoms with E-state index in [9.17, 15) is 9.18 Å². The Bertz CT molecular complexity index is 917. The topological polar surface area (TPSA) is 59.8 Å². The van der Waals surface area contributed by atoms with E-state index < -0.39 is 5.82 Å². The number of hydrogen-bond acceptors (Lipinski definition) is 4. The van der Waals surface area contributed by atoms with E-state index in [-0.39, 0.29) is 17.3 Å². The molecule has 0 spiro atoms. The van der Waals surface area contributed by atoms with Crippen LogP contribution in [0.2, 0.25) is 0 Å². The Hall–Kier alpha value is -2.19. The number of aryl methyl sites for hydroxylation is 1. The van der Waals surface area contributed by atoms with Crippen molar-refractivity contribution in [3.8, 4) is 0 Å². The van der Waals surface area contributed by atoms with E-state index in [1.807, 2.05) is 41.8 Å². The highest BCUT2D eigenvalue weighted by Gasteiger charge is 2.13. The van der Waals surface area contributed by atoms with Crippen LogP contribution in [0.15, 0.2) is 58.2 Å². The molecule has 3 rings (SSSR count). The van der Waals surface area contributed by atoms with Crippen LogP contribution in [0.1, 0.15) is 11.4 Å². The third-order valence-electron chi connectivity index (χ3n) is 3.62. The van der Waals surface area contributed by atoms with Crippen LogP contribution in [0.3, 0.4) is 0 Å². The highest BCUT2D eigenvalue weighted by atomic mass is 79.9. The van der Waals surface area contributed by atoms with Crippen molar-refractivity contribution in [2.45, 2.75) is 18.6 Å². The molecule has 26 heavy (non-hydrogen) atoms. The second-order valence-corrected chi connectivity index (χ2v) is 7.42. The Morgan fingerprint density at radius 1 is 1.23 bits per heavy atom. The second kappa shape index (κ2) is 8.46. The number of amides is 1. The summed E-state index contributed by atoms with van der Waals surface area (Å²) in [6.07, 6.45) is 0. The second-order valence-electron chi connectivity index (χ2n) is 5.56. The molecular formula is C18H16BrFN4OS. The summed E-state index contributed by atoms with van der Waals surface area (Å²) >= 11 is 4.46. The molecule has 8 heteroatoms. The number of thioether (sulfide) groups is 1. The van der Waals surface area contributed by atoms with E-state index in [2.05, 4.69) is 31.4 Å². The van der Waals surface area contributed by atoms with Gasteiger partial charge in [-0.25, -0.2) is 4.39 Å². The third kappa shape index (κ3) is 4.70. The lowest BCUT2D eigenvalue weighted by atomic mass is 10.2. The first-order valence-electron chi connectivity index (χ1n) is 7.84. The van der Waals surface area contributed by atoms with Crippen LogP contribution in [0.25, 0.3) is 0 Å². The zero-order chi connectivity index (χ0) is 18.5. The quantitative estimate of drug-likeness (QED) is 0.588. The molecule has 134 valence electrons. The number of hydrogen-bond donors (Lipinski definition) is 1. The summed E-state index contributed by atoms with van der Waals surface area (Å²) in [6, 6.07) is 14.5. The number of anilines is 1. The Morgan fingerprint density at radius 2 is 2.00 bits per heavy atom. The van der Waals surface area contributed by atoms with E-state index in [1.165, 1.54) is 23.9 Å². The summed E-state index contributed by atoms with van der Waals surface area (Å²) < 4.78 is 16.4. The van der Waals surface area contributed by atoms with Gasteiger partial charge in [0.1, 0.15) is 11.6 Å². The van der Waals surface area contributed by atoms with E-state index in [1.54, 1.807) is 6.07 Å². The Kier molecular flexibility index (Phi) is 6.05. The van der Waals surface area contributed by atoms with Crippen LogP contribution < -0.4 is 5.32 Å². The van der Waals surface area contributed by atoms with E-state index in [0.717, 1.165) is 11.4 Å². The lowest BCUT2D eigenvalue weighted by Crippen LogP contribution is -2.15. The number of benzene rings is 2. The van der Waals surface area contributed by atoms with Gasteiger partial charge in [0.15, 0.2) is 5.16 Å². The number of carbonyl (C=O) groups excluding carboxylic acids is 1. The van der Waals surface area contributed by atoms with Crippen molar-refractivity contribution < 1.29 is 9.18 Å². The molecule has 0 atom stereocenters. The number of carbonyl (C=O) groups is 1. The average Bonchev–Trinajstić information content (AvgIpc) is 2.97. The van der Waals surface area contributed by atoms with Gasteiger partial charge in [-0.2, -0.15) is 0 Å². The fourth-order valence-electron chi connectivity index (χ4n) is 2.32. The minimum atomic E-state index is -0.485. The first-order valence-corrected chi connectivity index (χ1v) is 9.62. The monoisotopic (exact) mass is 434 g/mol. The van der Waals surface area contributed by atoms with Crippen molar-refractivity contribution in [1.29, 1.82) is 0 Å². The van der Waals surface area contributed by atoms with Crippen molar-refractivity contribution in [3.05, 3.63) is 70.2 Å². The lowest BCUT2D eigenvalue weighted by molar-refractivity contribution is -0.113. The van der Waals surface area contributed by atoms with Gasteiger partial charge in [0.05, 0.1) is 18.0 Å². The fraction of sp³-hybridized carbons (Fsp3) is 0.167. The number of aromatic nitrogens is 3. The van der Waals surface area contributed by atoms with Gasteiger partial charge in [-0.1, -0.05) is 58.0 Å². The normalized spacial score (nSPS) is 10.7. The molecule has 1 amide bonds. The number of rotatable bonds is 6. The molecular weight excluding hydrogens is 419 g/mol. The summed E-state index contributed by atoms with van der Waals surface area (Å²) in [4.78, 5) is 12.1. The number of nitrogens with one attached hydrogen (secondary N) is 1. The minimum Gasteiger partial charge on any atom is -0.323 e. The van der Waals surface area contributed by atoms with Gasteiger partial charge in [0.25, 0.3) is 0 Å². The maximum Gasteiger partial charge on any atom is 0.234 e. The van der Waals surface area contributed by atoms with Crippen LogP contribution in [-0.2, 0) is 11.3 Å². The maximum atomic E-state index is 13.8. The van der Waals surface area contributed by atoms with Crippen molar-refractivity contribution in [2.24, 2.45) is 0 Å². The molecule has 0 unspecified atom stereocenters. The Labute approximate surface area is 163 Å². The van der Waals surface area contributed by atoms with Crippen LogP contribution in [0.4, 0.5) is 10.1 Å². The van der Waals surface area contributed by atoms with Gasteiger partial charge in [-0.3, -0.25) is 4.79 Å². The molecule has 0 aliphatic heterocycles. The van der Waals surface area contributed by atoms with Crippen LogP contribution in [0, 0.1) is 12.7 Å². The zero-order valence-electron chi connectivity index (χ0n) is 13.9. The highest BCUT2D eigenvalue weighted by Crippen LogP contribution is 2.21. The zero-order valence-corrected chi connectivity index (χ0v) is 16.3. The molecule has 3 aromatic rings. The summed E-state index contributed by atoms with van der Waals surface area (Å²) in [5, 5.41) is 11.5. The average molecular weight is 435 g/mol. The standard InChI is InChI=1S/C18H16BrFN4OS/c1-12-22-23-18(24(12)10-13-5-3-2-4-6-13)26-11-17(25)21-16-8-7-14(19)9-15(16)20/h2-9H,10-11H2,1H3,(H,21,25). The molecule has 0 aliphatic rings. The lowest BCUT2D eigenvalue weighted by Gasteiger charge is -2.09. The summed E-state index contributed by atoms with van der Waals surface area (Å²) in [7, 11) is 0. The van der Waals surface area contributed by atoms with Gasteiger partial charge in [-0.15, -0.1) is 10.2 Å². The number of nitrogens with zero attached hydrogens (tertiary/aromatic N) is 3. The predicted octanol–water partition coefficient (Wildman–Crippen LogP) is 4.27. The molecule has 0 saturated carbocycles. The van der Waals surface area contributed by atoms with E-state index in [4.69, 9.17) is 0 Å². The fourth-order valence-corrected chi connectivity index (χ4v) is 3.44.